The Balaban J connectivity index is 2.78. The molecule has 0 radical (unpaired) electrons. The lowest BCUT2D eigenvalue weighted by molar-refractivity contribution is 0.0807. The quantitative estimate of drug-likeness (QED) is 0.787. The second kappa shape index (κ2) is 4.05. The van der Waals surface area contributed by atoms with Crippen LogP contribution in [0.25, 0.3) is 0 Å². The van der Waals surface area contributed by atoms with Crippen LogP contribution in [0.5, 0.6) is 0 Å². The van der Waals surface area contributed by atoms with E-state index < -0.39 is 0 Å². The summed E-state index contributed by atoms with van der Waals surface area (Å²) >= 11 is 4.78. The Morgan fingerprint density at radius 3 is 2.75 bits per heavy atom. The van der Waals surface area contributed by atoms with E-state index in [0.29, 0.717) is 0 Å². The fourth-order valence-electron chi connectivity index (χ4n) is 0.761. The first-order valence-electron chi connectivity index (χ1n) is 3.66. The van der Waals surface area contributed by atoms with Gasteiger partial charge in [0.1, 0.15) is 0 Å². The molecular formula is C8H10BrNOS. The van der Waals surface area contributed by atoms with Crippen molar-refractivity contribution < 1.29 is 4.79 Å². The van der Waals surface area contributed by atoms with Gasteiger partial charge in [0.2, 0.25) is 0 Å². The molecule has 0 N–H and O–H groups in total. The minimum absolute atomic E-state index is 0.0909. The fraction of sp³-hybridized carbons (Fsp3) is 0.375. The van der Waals surface area contributed by atoms with E-state index in [1.54, 1.807) is 11.9 Å². The Labute approximate surface area is 84.3 Å². The molecule has 1 aromatic heterocycles. The summed E-state index contributed by atoms with van der Waals surface area (Å²) in [4.78, 5) is 14.0. The third-order valence-electron chi connectivity index (χ3n) is 1.61. The molecule has 12 heavy (non-hydrogen) atoms. The Hall–Kier alpha value is -0.350. The molecule has 66 valence electrons. The first-order chi connectivity index (χ1) is 5.65. The van der Waals surface area contributed by atoms with Crippen molar-refractivity contribution in [1.29, 1.82) is 0 Å². The summed E-state index contributed by atoms with van der Waals surface area (Å²) in [6.45, 7) is 2.70. The molecule has 0 fully saturated rings. The molecule has 0 spiro atoms. The number of amides is 1. The van der Waals surface area contributed by atoms with Gasteiger partial charge in [-0.05, 0) is 35.0 Å². The molecule has 1 heterocycles. The Kier molecular flexibility index (Phi) is 3.29. The average Bonchev–Trinajstić information content (AvgIpc) is 2.49. The van der Waals surface area contributed by atoms with Crippen LogP contribution in [0.15, 0.2) is 15.9 Å². The number of carbonyl (C=O) groups is 1. The normalized spacial score (nSPS) is 9.92. The van der Waals surface area contributed by atoms with E-state index in [4.69, 9.17) is 0 Å². The van der Waals surface area contributed by atoms with Gasteiger partial charge in [0.05, 0.1) is 8.66 Å². The lowest BCUT2D eigenvalue weighted by Crippen LogP contribution is -2.25. The minimum atomic E-state index is 0.0909. The molecule has 1 rings (SSSR count). The highest BCUT2D eigenvalue weighted by atomic mass is 79.9. The van der Waals surface area contributed by atoms with Crippen molar-refractivity contribution in [3.63, 3.8) is 0 Å². The number of hydrogen-bond acceptors (Lipinski definition) is 2. The summed E-state index contributed by atoms with van der Waals surface area (Å²) in [5, 5.41) is 0. The van der Waals surface area contributed by atoms with Gasteiger partial charge in [0.25, 0.3) is 5.91 Å². The second-order valence-corrected chi connectivity index (χ2v) is 4.89. The van der Waals surface area contributed by atoms with Gasteiger partial charge in [-0.15, -0.1) is 11.3 Å². The molecule has 0 aliphatic heterocycles. The average molecular weight is 248 g/mol. The van der Waals surface area contributed by atoms with Crippen LogP contribution >= 0.6 is 27.3 Å². The monoisotopic (exact) mass is 247 g/mol. The summed E-state index contributed by atoms with van der Waals surface area (Å²) in [5.41, 5.74) is 0. The predicted octanol–water partition coefficient (Wildman–Crippen LogP) is 2.60. The molecule has 1 amide bonds. The van der Waals surface area contributed by atoms with Crippen LogP contribution in [-0.2, 0) is 0 Å². The molecule has 0 saturated carbocycles. The van der Waals surface area contributed by atoms with Gasteiger partial charge in [0.15, 0.2) is 0 Å². The van der Waals surface area contributed by atoms with Crippen LogP contribution in [0.1, 0.15) is 16.6 Å². The van der Waals surface area contributed by atoms with Gasteiger partial charge in [-0.2, -0.15) is 0 Å². The third kappa shape index (κ3) is 2.08. The molecule has 2 nitrogen and oxygen atoms in total. The van der Waals surface area contributed by atoms with Gasteiger partial charge < -0.3 is 4.90 Å². The molecule has 0 aromatic carbocycles. The van der Waals surface area contributed by atoms with Crippen molar-refractivity contribution in [2.45, 2.75) is 6.92 Å². The molecule has 0 aliphatic rings. The Morgan fingerprint density at radius 2 is 2.33 bits per heavy atom. The number of hydrogen-bond donors (Lipinski definition) is 0. The SMILES string of the molecule is CCN(C)C(=O)c1ccc(Br)s1. The van der Waals surface area contributed by atoms with Crippen LogP contribution in [-0.4, -0.2) is 24.4 Å². The van der Waals surface area contributed by atoms with Gasteiger partial charge in [0, 0.05) is 13.6 Å². The van der Waals surface area contributed by atoms with E-state index >= 15 is 0 Å². The topological polar surface area (TPSA) is 20.3 Å². The predicted molar refractivity (Wildman–Crippen MR) is 54.7 cm³/mol. The van der Waals surface area contributed by atoms with E-state index in [0.717, 1.165) is 15.2 Å². The summed E-state index contributed by atoms with van der Waals surface area (Å²) in [6, 6.07) is 3.73. The van der Waals surface area contributed by atoms with Crippen molar-refractivity contribution in [2.75, 3.05) is 13.6 Å². The van der Waals surface area contributed by atoms with Crippen molar-refractivity contribution in [2.24, 2.45) is 0 Å². The lowest BCUT2D eigenvalue weighted by Gasteiger charge is -2.12. The van der Waals surface area contributed by atoms with Gasteiger partial charge >= 0.3 is 0 Å². The highest BCUT2D eigenvalue weighted by Crippen LogP contribution is 2.22. The summed E-state index contributed by atoms with van der Waals surface area (Å²) < 4.78 is 0.996. The Morgan fingerprint density at radius 1 is 1.67 bits per heavy atom. The highest BCUT2D eigenvalue weighted by Gasteiger charge is 2.11. The second-order valence-electron chi connectivity index (χ2n) is 2.42. The number of nitrogens with zero attached hydrogens (tertiary/aromatic N) is 1. The third-order valence-corrected chi connectivity index (χ3v) is 3.22. The molecule has 1 aromatic rings. The Bertz CT molecular complexity index is 284. The van der Waals surface area contributed by atoms with E-state index in [1.165, 1.54) is 11.3 Å². The van der Waals surface area contributed by atoms with Crippen LogP contribution in [0, 0.1) is 0 Å². The molecule has 0 saturated heterocycles. The van der Waals surface area contributed by atoms with Crippen molar-refractivity contribution in [3.8, 4) is 0 Å². The zero-order valence-electron chi connectivity index (χ0n) is 7.00. The molecule has 4 heteroatoms. The van der Waals surface area contributed by atoms with Gasteiger partial charge in [-0.25, -0.2) is 0 Å². The number of carbonyl (C=O) groups excluding carboxylic acids is 1. The highest BCUT2D eigenvalue weighted by molar-refractivity contribution is 9.11. The summed E-state index contributed by atoms with van der Waals surface area (Å²) in [7, 11) is 1.80. The first-order valence-corrected chi connectivity index (χ1v) is 5.27. The van der Waals surface area contributed by atoms with Crippen molar-refractivity contribution in [3.05, 3.63) is 20.8 Å². The maximum Gasteiger partial charge on any atom is 0.263 e. The lowest BCUT2D eigenvalue weighted by atomic mass is 10.4. The number of thiophene rings is 1. The van der Waals surface area contributed by atoms with Crippen LogP contribution in [0.4, 0.5) is 0 Å². The van der Waals surface area contributed by atoms with Crippen LogP contribution in [0.2, 0.25) is 0 Å². The van der Waals surface area contributed by atoms with E-state index in [9.17, 15) is 4.79 Å². The molecule has 0 aliphatic carbocycles. The van der Waals surface area contributed by atoms with E-state index in [-0.39, 0.29) is 5.91 Å². The van der Waals surface area contributed by atoms with E-state index in [1.807, 2.05) is 19.1 Å². The minimum Gasteiger partial charge on any atom is -0.341 e. The maximum atomic E-state index is 11.5. The molecule has 0 bridgehead atoms. The van der Waals surface area contributed by atoms with Gasteiger partial charge in [-0.1, -0.05) is 0 Å². The number of halogens is 1. The van der Waals surface area contributed by atoms with Crippen molar-refractivity contribution in [1.82, 2.24) is 4.90 Å². The van der Waals surface area contributed by atoms with Crippen molar-refractivity contribution >= 4 is 33.2 Å². The maximum absolute atomic E-state index is 11.5. The molecule has 0 atom stereocenters. The molecular weight excluding hydrogens is 238 g/mol. The zero-order valence-corrected chi connectivity index (χ0v) is 9.41. The van der Waals surface area contributed by atoms with E-state index in [2.05, 4.69) is 15.9 Å². The van der Waals surface area contributed by atoms with Crippen LogP contribution in [0.3, 0.4) is 0 Å². The summed E-state index contributed by atoms with van der Waals surface area (Å²) in [5.74, 6) is 0.0909. The summed E-state index contributed by atoms with van der Waals surface area (Å²) in [6.07, 6.45) is 0. The number of rotatable bonds is 2. The fourth-order valence-corrected chi connectivity index (χ4v) is 2.14. The smallest absolute Gasteiger partial charge is 0.263 e. The standard InChI is InChI=1S/C8H10BrNOS/c1-3-10(2)8(11)6-4-5-7(9)12-6/h4-5H,3H2,1-2H3. The molecule has 0 unspecified atom stereocenters. The van der Waals surface area contributed by atoms with Gasteiger partial charge in [-0.3, -0.25) is 4.79 Å². The zero-order chi connectivity index (χ0) is 9.14. The largest absolute Gasteiger partial charge is 0.341 e. The van der Waals surface area contributed by atoms with Crippen LogP contribution < -0.4 is 0 Å². The first kappa shape index (κ1) is 9.74.